The summed E-state index contributed by atoms with van der Waals surface area (Å²) in [6.45, 7) is 5.24. The van der Waals surface area contributed by atoms with Gasteiger partial charge in [0, 0.05) is 32.4 Å². The fourth-order valence-electron chi connectivity index (χ4n) is 4.49. The number of unbranched alkanes of at least 4 members (excludes halogenated alkanes) is 1. The maximum atomic E-state index is 12.0. The number of methoxy groups -OCH3 is 1. The third-order valence-corrected chi connectivity index (χ3v) is 6.61. The molecule has 4 rings (SSSR count). The molecule has 0 fully saturated rings. The van der Waals surface area contributed by atoms with Gasteiger partial charge in [-0.1, -0.05) is 6.07 Å². The molecule has 0 amide bonds. The summed E-state index contributed by atoms with van der Waals surface area (Å²) >= 11 is 0. The lowest BCUT2D eigenvalue weighted by atomic mass is 10.1. The summed E-state index contributed by atoms with van der Waals surface area (Å²) in [7, 11) is 1.70. The molecule has 0 aliphatic carbocycles. The van der Waals surface area contributed by atoms with Gasteiger partial charge in [-0.3, -0.25) is 5.10 Å². The summed E-state index contributed by atoms with van der Waals surface area (Å²) < 4.78 is 5.48. The zero-order valence-electron chi connectivity index (χ0n) is 21.0. The highest BCUT2D eigenvalue weighted by molar-refractivity contribution is 5.87. The molecular weight excluding hydrogens is 460 g/mol. The van der Waals surface area contributed by atoms with Crippen LogP contribution in [0.15, 0.2) is 24.7 Å². The second kappa shape index (κ2) is 12.6. The number of pyridine rings is 1. The van der Waals surface area contributed by atoms with E-state index in [2.05, 4.69) is 47.8 Å². The van der Waals surface area contributed by atoms with E-state index >= 15 is 0 Å². The number of hydrogen-bond donors (Lipinski definition) is 4. The van der Waals surface area contributed by atoms with E-state index in [1.807, 2.05) is 6.92 Å². The Morgan fingerprint density at radius 1 is 1.28 bits per heavy atom. The van der Waals surface area contributed by atoms with E-state index < -0.39 is 12.0 Å². The standard InChI is InChI=1S/C25H36N8O3/c1-17(36-2)15-33(12-4-3-7-19-9-8-18-6-5-11-26-23(18)30-19)13-10-20(25(34)35)31-24-22-21(14-29-32-22)27-16-28-24/h8-9,14,16-17,20H,3-7,10-13,15H2,1-2H3,(H,26,30)(H,29,32)(H,34,35)(H,27,28,31). The first kappa shape index (κ1) is 25.8. The van der Waals surface area contributed by atoms with Gasteiger partial charge in [-0.15, -0.1) is 0 Å². The number of ether oxygens (including phenoxy) is 1. The van der Waals surface area contributed by atoms with Gasteiger partial charge in [0.05, 0.1) is 12.3 Å². The summed E-state index contributed by atoms with van der Waals surface area (Å²) in [6.07, 6.45) is 8.66. The van der Waals surface area contributed by atoms with E-state index in [9.17, 15) is 9.90 Å². The van der Waals surface area contributed by atoms with Crippen LogP contribution in [-0.2, 0) is 22.4 Å². The Balaban J connectivity index is 1.30. The summed E-state index contributed by atoms with van der Waals surface area (Å²) in [5.74, 6) is 0.555. The molecule has 2 unspecified atom stereocenters. The first-order chi connectivity index (χ1) is 17.5. The molecular formula is C25H36N8O3. The molecule has 0 saturated heterocycles. The molecule has 0 radical (unpaired) electrons. The second-order valence-electron chi connectivity index (χ2n) is 9.32. The number of nitrogens with zero attached hydrogens (tertiary/aromatic N) is 5. The number of aliphatic carboxylic acids is 1. The third-order valence-electron chi connectivity index (χ3n) is 6.61. The largest absolute Gasteiger partial charge is 0.480 e. The first-order valence-electron chi connectivity index (χ1n) is 12.6. The maximum absolute atomic E-state index is 12.0. The van der Waals surface area contributed by atoms with Gasteiger partial charge in [-0.05, 0) is 63.6 Å². The highest BCUT2D eigenvalue weighted by atomic mass is 16.5. The van der Waals surface area contributed by atoms with Gasteiger partial charge >= 0.3 is 5.97 Å². The van der Waals surface area contributed by atoms with Crippen molar-refractivity contribution in [1.82, 2.24) is 30.0 Å². The Bertz CT molecular complexity index is 1140. The quantitative estimate of drug-likeness (QED) is 0.246. The molecule has 11 heteroatoms. The lowest BCUT2D eigenvalue weighted by molar-refractivity contribution is -0.138. The molecule has 4 N–H and O–H groups in total. The number of H-pyrrole nitrogens is 1. The van der Waals surface area contributed by atoms with E-state index in [1.165, 1.54) is 11.9 Å². The second-order valence-corrected chi connectivity index (χ2v) is 9.32. The SMILES string of the molecule is COC(C)CN(CCCCc1ccc2c(n1)NCCC2)CCC(Nc1ncnc2cn[nH]c12)C(=O)O. The minimum Gasteiger partial charge on any atom is -0.480 e. The van der Waals surface area contributed by atoms with Crippen LogP contribution in [0.5, 0.6) is 0 Å². The summed E-state index contributed by atoms with van der Waals surface area (Å²) in [5.41, 5.74) is 3.66. The van der Waals surface area contributed by atoms with Crippen molar-refractivity contribution in [3.05, 3.63) is 35.9 Å². The van der Waals surface area contributed by atoms with Crippen molar-refractivity contribution in [2.45, 2.75) is 57.6 Å². The van der Waals surface area contributed by atoms with Crippen LogP contribution in [0, 0.1) is 0 Å². The molecule has 36 heavy (non-hydrogen) atoms. The van der Waals surface area contributed by atoms with Crippen LogP contribution >= 0.6 is 0 Å². The van der Waals surface area contributed by atoms with Gasteiger partial charge < -0.3 is 25.4 Å². The number of fused-ring (bicyclic) bond motifs is 2. The molecule has 4 heterocycles. The topological polar surface area (TPSA) is 141 Å². The number of carbonyl (C=O) groups is 1. The van der Waals surface area contributed by atoms with Crippen molar-refractivity contribution < 1.29 is 14.6 Å². The van der Waals surface area contributed by atoms with Crippen LogP contribution in [0.1, 0.15) is 43.9 Å². The van der Waals surface area contributed by atoms with Crippen LogP contribution in [0.25, 0.3) is 11.0 Å². The van der Waals surface area contributed by atoms with E-state index in [-0.39, 0.29) is 6.10 Å². The van der Waals surface area contributed by atoms with Gasteiger partial charge in [0.2, 0.25) is 0 Å². The van der Waals surface area contributed by atoms with Crippen LogP contribution in [0.3, 0.4) is 0 Å². The minimum atomic E-state index is -0.923. The predicted molar refractivity (Wildman–Crippen MR) is 138 cm³/mol. The van der Waals surface area contributed by atoms with Crippen molar-refractivity contribution in [2.24, 2.45) is 0 Å². The molecule has 1 aliphatic rings. The van der Waals surface area contributed by atoms with Crippen molar-refractivity contribution in [3.8, 4) is 0 Å². The molecule has 0 saturated carbocycles. The molecule has 1 aliphatic heterocycles. The van der Waals surface area contributed by atoms with Gasteiger partial charge in [0.15, 0.2) is 5.82 Å². The van der Waals surface area contributed by atoms with Gasteiger partial charge in [-0.2, -0.15) is 5.10 Å². The third kappa shape index (κ3) is 6.88. The van der Waals surface area contributed by atoms with Crippen molar-refractivity contribution in [3.63, 3.8) is 0 Å². The number of aryl methyl sites for hydroxylation is 2. The number of carboxylic acid groups (broad SMARTS) is 1. The molecule has 3 aromatic rings. The van der Waals surface area contributed by atoms with Gasteiger partial charge in [-0.25, -0.2) is 19.7 Å². The Labute approximate surface area is 211 Å². The predicted octanol–water partition coefficient (Wildman–Crippen LogP) is 2.72. The van der Waals surface area contributed by atoms with Crippen LogP contribution < -0.4 is 10.6 Å². The lowest BCUT2D eigenvalue weighted by Gasteiger charge is -2.26. The highest BCUT2D eigenvalue weighted by Gasteiger charge is 2.21. The Hall–Kier alpha value is -3.31. The average molecular weight is 497 g/mol. The van der Waals surface area contributed by atoms with Gasteiger partial charge in [0.25, 0.3) is 0 Å². The number of aromatic amines is 1. The molecule has 0 aromatic carbocycles. The fraction of sp³-hybridized carbons (Fsp3) is 0.560. The van der Waals surface area contributed by atoms with E-state index in [0.717, 1.165) is 63.3 Å². The molecule has 3 aromatic heterocycles. The van der Waals surface area contributed by atoms with E-state index in [4.69, 9.17) is 9.72 Å². The smallest absolute Gasteiger partial charge is 0.326 e. The summed E-state index contributed by atoms with van der Waals surface area (Å²) in [6, 6.07) is 3.55. The zero-order chi connectivity index (χ0) is 25.3. The molecule has 0 spiro atoms. The Morgan fingerprint density at radius 2 is 2.17 bits per heavy atom. The minimum absolute atomic E-state index is 0.0566. The van der Waals surface area contributed by atoms with Crippen molar-refractivity contribution in [2.75, 3.05) is 43.9 Å². The van der Waals surface area contributed by atoms with E-state index in [1.54, 1.807) is 13.3 Å². The molecule has 194 valence electrons. The first-order valence-corrected chi connectivity index (χ1v) is 12.6. The molecule has 11 nitrogen and oxygen atoms in total. The van der Waals surface area contributed by atoms with Crippen LogP contribution in [-0.4, -0.2) is 86.6 Å². The van der Waals surface area contributed by atoms with Crippen molar-refractivity contribution in [1.29, 1.82) is 0 Å². The van der Waals surface area contributed by atoms with Crippen LogP contribution in [0.2, 0.25) is 0 Å². The summed E-state index contributed by atoms with van der Waals surface area (Å²) in [5, 5.41) is 23.1. The number of rotatable bonds is 14. The monoisotopic (exact) mass is 496 g/mol. The number of hydrogen-bond acceptors (Lipinski definition) is 9. The van der Waals surface area contributed by atoms with Crippen LogP contribution in [0.4, 0.5) is 11.6 Å². The molecule has 2 atom stereocenters. The number of carboxylic acids is 1. The number of aromatic nitrogens is 5. The number of anilines is 2. The highest BCUT2D eigenvalue weighted by Crippen LogP contribution is 2.21. The Morgan fingerprint density at radius 3 is 3.00 bits per heavy atom. The number of nitrogens with one attached hydrogen (secondary N) is 3. The van der Waals surface area contributed by atoms with Crippen molar-refractivity contribution >= 4 is 28.6 Å². The normalized spacial score (nSPS) is 14.9. The average Bonchev–Trinajstić information content (AvgIpc) is 3.38. The zero-order valence-corrected chi connectivity index (χ0v) is 21.0. The Kier molecular flexibility index (Phi) is 9.01. The fourth-order valence-corrected chi connectivity index (χ4v) is 4.49. The van der Waals surface area contributed by atoms with E-state index in [0.29, 0.717) is 29.8 Å². The summed E-state index contributed by atoms with van der Waals surface area (Å²) in [4.78, 5) is 27.4. The van der Waals surface area contributed by atoms with Gasteiger partial charge in [0.1, 0.15) is 29.2 Å². The molecule has 0 bridgehead atoms. The maximum Gasteiger partial charge on any atom is 0.326 e. The lowest BCUT2D eigenvalue weighted by Crippen LogP contribution is -2.38.